The Morgan fingerprint density at radius 3 is 1.97 bits per heavy atom. The number of hydrogen-bond acceptors (Lipinski definition) is 6. The molecule has 178 valence electrons. The van der Waals surface area contributed by atoms with Gasteiger partial charge in [-0.25, -0.2) is 5.48 Å². The van der Waals surface area contributed by atoms with Crippen molar-refractivity contribution >= 4 is 23.4 Å². The van der Waals surface area contributed by atoms with Gasteiger partial charge >= 0.3 is 0 Å². The standard InChI is InChI=1S/C24H25N5O4.CH4/c1-29(2)16-22(30)26-20-13-9-18(10-14-20)6-4-3-5-17-7-11-19(12-8-17)23(31)27-21(15-25)24(32)28-33;/h7-14,21,33H,15-16,25H2,1-2H3,(H,26,30)(H,27,31)(H,28,32);1H4/t21-;/m0./s1. The molecule has 0 saturated carbocycles. The van der Waals surface area contributed by atoms with E-state index >= 15 is 0 Å². The maximum absolute atomic E-state index is 12.2. The number of carbonyl (C=O) groups excluding carboxylic acids is 3. The number of nitrogens with zero attached hydrogens (tertiary/aromatic N) is 1. The van der Waals surface area contributed by atoms with E-state index in [0.717, 1.165) is 5.56 Å². The molecule has 0 heterocycles. The van der Waals surface area contributed by atoms with Crippen LogP contribution in [0.4, 0.5) is 5.69 Å². The van der Waals surface area contributed by atoms with Crippen LogP contribution in [0, 0.1) is 23.7 Å². The molecule has 9 heteroatoms. The van der Waals surface area contributed by atoms with Crippen LogP contribution in [0.15, 0.2) is 48.5 Å². The van der Waals surface area contributed by atoms with Gasteiger partial charge in [0.15, 0.2) is 0 Å². The summed E-state index contributed by atoms with van der Waals surface area (Å²) in [6.07, 6.45) is 0. The van der Waals surface area contributed by atoms with E-state index < -0.39 is 17.9 Å². The van der Waals surface area contributed by atoms with Crippen molar-refractivity contribution in [3.8, 4) is 23.7 Å². The quantitative estimate of drug-likeness (QED) is 0.234. The third-order valence-corrected chi connectivity index (χ3v) is 4.22. The molecule has 0 aliphatic heterocycles. The Morgan fingerprint density at radius 1 is 0.971 bits per heavy atom. The number of benzene rings is 2. The topological polar surface area (TPSA) is 137 Å². The van der Waals surface area contributed by atoms with Crippen LogP contribution in [0.5, 0.6) is 0 Å². The summed E-state index contributed by atoms with van der Waals surface area (Å²) in [5.41, 5.74) is 9.29. The van der Waals surface area contributed by atoms with Crippen LogP contribution in [0.25, 0.3) is 0 Å². The van der Waals surface area contributed by atoms with E-state index in [1.807, 2.05) is 14.1 Å². The van der Waals surface area contributed by atoms with Gasteiger partial charge in [-0.2, -0.15) is 0 Å². The van der Waals surface area contributed by atoms with Gasteiger partial charge in [0, 0.05) is 28.9 Å². The number of anilines is 1. The predicted molar refractivity (Wildman–Crippen MR) is 131 cm³/mol. The number of amides is 3. The van der Waals surface area contributed by atoms with Crippen LogP contribution in [0.2, 0.25) is 0 Å². The summed E-state index contributed by atoms with van der Waals surface area (Å²) >= 11 is 0. The minimum atomic E-state index is -1.04. The van der Waals surface area contributed by atoms with Crippen molar-refractivity contribution in [2.24, 2.45) is 5.73 Å². The molecule has 2 rings (SSSR count). The molecule has 0 fully saturated rings. The Kier molecular flexibility index (Phi) is 11.6. The molecule has 0 aliphatic rings. The normalized spacial score (nSPS) is 10.4. The molecule has 0 bridgehead atoms. The number of rotatable bonds is 7. The summed E-state index contributed by atoms with van der Waals surface area (Å²) < 4.78 is 0. The van der Waals surface area contributed by atoms with Crippen LogP contribution in [-0.4, -0.2) is 61.1 Å². The van der Waals surface area contributed by atoms with Crippen molar-refractivity contribution in [1.82, 2.24) is 15.7 Å². The molecule has 2 aromatic rings. The summed E-state index contributed by atoms with van der Waals surface area (Å²) in [5, 5.41) is 13.9. The molecule has 0 aromatic heterocycles. The fourth-order valence-corrected chi connectivity index (χ4v) is 2.59. The zero-order valence-corrected chi connectivity index (χ0v) is 18.3. The van der Waals surface area contributed by atoms with Crippen LogP contribution in [0.1, 0.15) is 28.9 Å². The highest BCUT2D eigenvalue weighted by Gasteiger charge is 2.19. The molecule has 34 heavy (non-hydrogen) atoms. The van der Waals surface area contributed by atoms with Gasteiger partial charge in [0.1, 0.15) is 6.04 Å². The molecular formula is C25H29N5O4. The molecule has 0 unspecified atom stereocenters. The van der Waals surface area contributed by atoms with Crippen molar-refractivity contribution in [2.75, 3.05) is 32.5 Å². The molecule has 1 atom stereocenters. The molecule has 0 radical (unpaired) electrons. The second-order valence-corrected chi connectivity index (χ2v) is 7.18. The largest absolute Gasteiger partial charge is 0.339 e. The monoisotopic (exact) mass is 463 g/mol. The first-order valence-electron chi connectivity index (χ1n) is 9.94. The van der Waals surface area contributed by atoms with Crippen molar-refractivity contribution in [3.05, 3.63) is 65.2 Å². The number of hydrogen-bond donors (Lipinski definition) is 5. The van der Waals surface area contributed by atoms with Gasteiger partial charge in [0.2, 0.25) is 5.91 Å². The van der Waals surface area contributed by atoms with Crippen LogP contribution in [0.3, 0.4) is 0 Å². The van der Waals surface area contributed by atoms with Crippen LogP contribution in [-0.2, 0) is 9.59 Å². The van der Waals surface area contributed by atoms with Crippen LogP contribution >= 0.6 is 0 Å². The fourth-order valence-electron chi connectivity index (χ4n) is 2.59. The van der Waals surface area contributed by atoms with Crippen LogP contribution < -0.4 is 21.8 Å². The highest BCUT2D eigenvalue weighted by atomic mass is 16.5. The van der Waals surface area contributed by atoms with Crippen molar-refractivity contribution in [2.45, 2.75) is 13.5 Å². The maximum atomic E-state index is 12.2. The molecule has 0 spiro atoms. The molecule has 6 N–H and O–H groups in total. The van der Waals surface area contributed by atoms with E-state index in [1.165, 1.54) is 5.48 Å². The molecule has 0 aliphatic carbocycles. The summed E-state index contributed by atoms with van der Waals surface area (Å²) in [5.74, 6) is 9.92. The Morgan fingerprint density at radius 2 is 1.50 bits per heavy atom. The van der Waals surface area contributed by atoms with E-state index in [2.05, 4.69) is 34.3 Å². The van der Waals surface area contributed by atoms with Gasteiger partial charge in [-0.15, -0.1) is 0 Å². The SMILES string of the molecule is C.CN(C)CC(=O)Nc1ccc(C#CC#Cc2ccc(C(=O)N[C@@H](CN)C(=O)NO)cc2)cc1. The molecule has 2 aromatic carbocycles. The third-order valence-electron chi connectivity index (χ3n) is 4.22. The average molecular weight is 464 g/mol. The Balaban J connectivity index is 0.00000578. The highest BCUT2D eigenvalue weighted by molar-refractivity contribution is 5.97. The second-order valence-electron chi connectivity index (χ2n) is 7.18. The summed E-state index contributed by atoms with van der Waals surface area (Å²) in [7, 11) is 3.65. The van der Waals surface area contributed by atoms with Crippen molar-refractivity contribution in [1.29, 1.82) is 0 Å². The zero-order valence-electron chi connectivity index (χ0n) is 18.3. The van der Waals surface area contributed by atoms with E-state index in [4.69, 9.17) is 10.9 Å². The molecule has 9 nitrogen and oxygen atoms in total. The second kappa shape index (κ2) is 14.1. The summed E-state index contributed by atoms with van der Waals surface area (Å²) in [6.45, 7) is 0.145. The Bertz CT molecular complexity index is 1100. The minimum Gasteiger partial charge on any atom is -0.339 e. The Hall–Kier alpha value is -4.15. The van der Waals surface area contributed by atoms with E-state index in [0.29, 0.717) is 23.4 Å². The Labute approximate surface area is 199 Å². The van der Waals surface area contributed by atoms with Crippen molar-refractivity contribution in [3.63, 3.8) is 0 Å². The van der Waals surface area contributed by atoms with E-state index in [1.54, 1.807) is 53.4 Å². The molecule has 0 saturated heterocycles. The van der Waals surface area contributed by atoms with Crippen molar-refractivity contribution < 1.29 is 19.6 Å². The number of carbonyl (C=O) groups is 3. The van der Waals surface area contributed by atoms with Gasteiger partial charge < -0.3 is 21.3 Å². The third kappa shape index (κ3) is 9.15. The summed E-state index contributed by atoms with van der Waals surface area (Å²) in [4.78, 5) is 37.1. The van der Waals surface area contributed by atoms with E-state index in [9.17, 15) is 14.4 Å². The first kappa shape index (κ1) is 27.9. The maximum Gasteiger partial charge on any atom is 0.267 e. The number of nitrogens with one attached hydrogen (secondary N) is 3. The van der Waals surface area contributed by atoms with Gasteiger partial charge in [-0.1, -0.05) is 19.3 Å². The lowest BCUT2D eigenvalue weighted by Gasteiger charge is -2.14. The molecule has 3 amide bonds. The first-order valence-corrected chi connectivity index (χ1v) is 9.94. The number of hydroxylamine groups is 1. The lowest BCUT2D eigenvalue weighted by Crippen LogP contribution is -2.50. The average Bonchev–Trinajstić information content (AvgIpc) is 2.80. The summed E-state index contributed by atoms with van der Waals surface area (Å²) in [6, 6.07) is 12.5. The van der Waals surface area contributed by atoms with E-state index in [-0.39, 0.29) is 19.9 Å². The lowest BCUT2D eigenvalue weighted by molar-refractivity contribution is -0.130. The van der Waals surface area contributed by atoms with Gasteiger partial charge in [-0.3, -0.25) is 19.6 Å². The highest BCUT2D eigenvalue weighted by Crippen LogP contribution is 2.08. The van der Waals surface area contributed by atoms with Gasteiger partial charge in [-0.05, 0) is 74.5 Å². The van der Waals surface area contributed by atoms with Gasteiger partial charge in [0.25, 0.3) is 11.8 Å². The zero-order chi connectivity index (χ0) is 24.2. The number of nitrogens with two attached hydrogens (primary N) is 1. The minimum absolute atomic E-state index is 0. The molecular weight excluding hydrogens is 434 g/mol. The fraction of sp³-hybridized carbons (Fsp3) is 0.240. The number of likely N-dealkylation sites (N-methyl/N-ethyl adjacent to an activating group) is 1. The van der Waals surface area contributed by atoms with Gasteiger partial charge in [0.05, 0.1) is 6.54 Å². The predicted octanol–water partition coefficient (Wildman–Crippen LogP) is 0.789. The lowest BCUT2D eigenvalue weighted by atomic mass is 10.1. The smallest absolute Gasteiger partial charge is 0.267 e. The first-order chi connectivity index (χ1) is 15.8.